The van der Waals surface area contributed by atoms with Crippen molar-refractivity contribution in [3.63, 3.8) is 0 Å². The lowest BCUT2D eigenvalue weighted by molar-refractivity contribution is -0.142. The smallest absolute Gasteiger partial charge is 0.327 e. The Balaban J connectivity index is 1.75. The number of nitrogens with zero attached hydrogens (tertiary/aromatic N) is 1. The Labute approximate surface area is 231 Å². The van der Waals surface area contributed by atoms with Gasteiger partial charge in [-0.05, 0) is 24.0 Å². The summed E-state index contributed by atoms with van der Waals surface area (Å²) in [4.78, 5) is 60.9. The topological polar surface area (TPSA) is 195 Å². The van der Waals surface area contributed by atoms with Gasteiger partial charge >= 0.3 is 5.97 Å². The zero-order valence-electron chi connectivity index (χ0n) is 21.8. The summed E-state index contributed by atoms with van der Waals surface area (Å²) >= 11 is 3.98. The SMILES string of the molecule is CCC(C)C(NC(=O)C(Cc1cnc[nH]1)NC(=O)C(N)Cc1c[nH]c2ccccc12)C(=O)NC(CS)C(=O)O. The van der Waals surface area contributed by atoms with Gasteiger partial charge in [-0.2, -0.15) is 12.6 Å². The zero-order chi connectivity index (χ0) is 28.5. The van der Waals surface area contributed by atoms with Crippen molar-refractivity contribution in [3.05, 3.63) is 54.2 Å². The highest BCUT2D eigenvalue weighted by molar-refractivity contribution is 7.80. The standard InChI is InChI=1S/C26H35N7O5S/c1-3-14(2)22(25(36)32-21(12-39)26(37)38)33-24(35)20(9-16-11-28-13-30-16)31-23(34)18(27)8-15-10-29-19-7-5-4-6-17(15)19/h4-7,10-11,13-14,18,20-22,29,39H,3,8-9,12,27H2,1-2H3,(H,28,30)(H,31,34)(H,32,36)(H,33,35)(H,37,38). The lowest BCUT2D eigenvalue weighted by atomic mass is 9.97. The fraction of sp³-hybridized carbons (Fsp3) is 0.423. The number of para-hydroxylation sites is 1. The number of nitrogens with one attached hydrogen (secondary N) is 5. The molecular formula is C26H35N7O5S. The molecule has 0 aliphatic rings. The summed E-state index contributed by atoms with van der Waals surface area (Å²) in [5.41, 5.74) is 8.62. The normalized spacial score (nSPS) is 15.1. The Morgan fingerprint density at radius 1 is 1.03 bits per heavy atom. The molecule has 2 heterocycles. The van der Waals surface area contributed by atoms with Gasteiger partial charge in [-0.15, -0.1) is 0 Å². The average molecular weight is 558 g/mol. The van der Waals surface area contributed by atoms with Crippen molar-refractivity contribution in [3.8, 4) is 0 Å². The first kappa shape index (κ1) is 29.7. The van der Waals surface area contributed by atoms with E-state index in [9.17, 15) is 24.3 Å². The van der Waals surface area contributed by atoms with Crippen LogP contribution in [0.2, 0.25) is 0 Å². The van der Waals surface area contributed by atoms with Crippen molar-refractivity contribution >= 4 is 47.2 Å². The van der Waals surface area contributed by atoms with E-state index in [0.29, 0.717) is 12.1 Å². The molecule has 8 N–H and O–H groups in total. The van der Waals surface area contributed by atoms with E-state index in [2.05, 4.69) is 43.5 Å². The number of nitrogens with two attached hydrogens (primary N) is 1. The third kappa shape index (κ3) is 7.83. The monoisotopic (exact) mass is 557 g/mol. The number of carboxylic acid groups (broad SMARTS) is 1. The molecule has 12 nitrogen and oxygen atoms in total. The van der Waals surface area contributed by atoms with E-state index >= 15 is 0 Å². The van der Waals surface area contributed by atoms with Crippen LogP contribution in [-0.2, 0) is 32.0 Å². The minimum atomic E-state index is -1.24. The van der Waals surface area contributed by atoms with Gasteiger partial charge in [-0.1, -0.05) is 38.5 Å². The molecule has 5 atom stereocenters. The number of hydrogen-bond donors (Lipinski definition) is 8. The molecule has 3 rings (SSSR count). The molecular weight excluding hydrogens is 522 g/mol. The van der Waals surface area contributed by atoms with Gasteiger partial charge in [0.15, 0.2) is 0 Å². The number of hydrogen-bond acceptors (Lipinski definition) is 7. The van der Waals surface area contributed by atoms with E-state index in [4.69, 9.17) is 5.73 Å². The van der Waals surface area contributed by atoms with Crippen molar-refractivity contribution < 1.29 is 24.3 Å². The van der Waals surface area contributed by atoms with E-state index in [1.165, 1.54) is 12.5 Å². The van der Waals surface area contributed by atoms with Crippen molar-refractivity contribution in [2.75, 3.05) is 5.75 Å². The Hall–Kier alpha value is -3.84. The van der Waals surface area contributed by atoms with Crippen molar-refractivity contribution in [2.24, 2.45) is 11.7 Å². The minimum absolute atomic E-state index is 0.0701. The number of carboxylic acids is 1. The van der Waals surface area contributed by atoms with Crippen molar-refractivity contribution in [1.82, 2.24) is 30.9 Å². The second-order valence-electron chi connectivity index (χ2n) is 9.47. The number of amides is 3. The summed E-state index contributed by atoms with van der Waals surface area (Å²) in [7, 11) is 0. The molecule has 5 unspecified atom stereocenters. The molecule has 0 aliphatic heterocycles. The molecule has 0 radical (unpaired) electrons. The molecule has 0 saturated heterocycles. The van der Waals surface area contributed by atoms with Gasteiger partial charge in [-0.3, -0.25) is 14.4 Å². The number of carbonyl (C=O) groups is 4. The maximum atomic E-state index is 13.4. The van der Waals surface area contributed by atoms with Gasteiger partial charge in [0, 0.05) is 41.2 Å². The number of benzene rings is 1. The fourth-order valence-corrected chi connectivity index (χ4v) is 4.38. The third-order valence-electron chi connectivity index (χ3n) is 6.65. The molecule has 0 saturated carbocycles. The number of carbonyl (C=O) groups excluding carboxylic acids is 3. The lowest BCUT2D eigenvalue weighted by Gasteiger charge is -2.27. The number of aromatic nitrogens is 3. The first-order valence-corrected chi connectivity index (χ1v) is 13.3. The number of H-pyrrole nitrogens is 2. The third-order valence-corrected chi connectivity index (χ3v) is 7.02. The van der Waals surface area contributed by atoms with Gasteiger partial charge in [0.25, 0.3) is 0 Å². The molecule has 3 amide bonds. The van der Waals surface area contributed by atoms with Gasteiger partial charge in [-0.25, -0.2) is 9.78 Å². The van der Waals surface area contributed by atoms with Crippen molar-refractivity contribution in [1.29, 1.82) is 0 Å². The number of rotatable bonds is 14. The highest BCUT2D eigenvalue weighted by Gasteiger charge is 2.33. The quantitative estimate of drug-likeness (QED) is 0.132. The number of aliphatic carboxylic acids is 1. The molecule has 210 valence electrons. The molecule has 13 heteroatoms. The second kappa shape index (κ2) is 13.8. The van der Waals surface area contributed by atoms with E-state index in [-0.39, 0.29) is 24.5 Å². The molecule has 3 aromatic rings. The summed E-state index contributed by atoms with van der Waals surface area (Å²) in [5.74, 6) is -3.48. The van der Waals surface area contributed by atoms with Crippen LogP contribution in [-0.4, -0.2) is 73.7 Å². The largest absolute Gasteiger partial charge is 0.480 e. The van der Waals surface area contributed by atoms with Gasteiger partial charge < -0.3 is 36.8 Å². The van der Waals surface area contributed by atoms with Crippen LogP contribution in [0.1, 0.15) is 31.5 Å². The minimum Gasteiger partial charge on any atom is -0.480 e. The predicted octanol–water partition coefficient (Wildman–Crippen LogP) is 0.518. The molecule has 39 heavy (non-hydrogen) atoms. The lowest BCUT2D eigenvalue weighted by Crippen LogP contribution is -2.59. The van der Waals surface area contributed by atoms with Crippen LogP contribution >= 0.6 is 12.6 Å². The molecule has 0 aliphatic carbocycles. The van der Waals surface area contributed by atoms with Crippen molar-refractivity contribution in [2.45, 2.75) is 57.3 Å². The van der Waals surface area contributed by atoms with Crippen LogP contribution in [0.15, 0.2) is 43.0 Å². The molecule has 0 bridgehead atoms. The van der Waals surface area contributed by atoms with Gasteiger partial charge in [0.2, 0.25) is 17.7 Å². The van der Waals surface area contributed by atoms with E-state index in [1.54, 1.807) is 13.1 Å². The van der Waals surface area contributed by atoms with Crippen LogP contribution in [0.5, 0.6) is 0 Å². The van der Waals surface area contributed by atoms with Crippen LogP contribution < -0.4 is 21.7 Å². The van der Waals surface area contributed by atoms with Gasteiger partial charge in [0.1, 0.15) is 18.1 Å². The van der Waals surface area contributed by atoms with Crippen LogP contribution in [0.3, 0.4) is 0 Å². The average Bonchev–Trinajstić information content (AvgIpc) is 3.59. The van der Waals surface area contributed by atoms with E-state index < -0.39 is 47.9 Å². The Morgan fingerprint density at radius 3 is 2.38 bits per heavy atom. The summed E-state index contributed by atoms with van der Waals surface area (Å²) in [6, 6.07) is 3.39. The number of thiol groups is 1. The predicted molar refractivity (Wildman–Crippen MR) is 149 cm³/mol. The highest BCUT2D eigenvalue weighted by Crippen LogP contribution is 2.19. The van der Waals surface area contributed by atoms with Gasteiger partial charge in [0.05, 0.1) is 12.4 Å². The Bertz CT molecular complexity index is 1280. The molecule has 0 spiro atoms. The highest BCUT2D eigenvalue weighted by atomic mass is 32.1. The maximum absolute atomic E-state index is 13.4. The maximum Gasteiger partial charge on any atom is 0.327 e. The molecule has 2 aromatic heterocycles. The van der Waals surface area contributed by atoms with E-state index in [0.717, 1.165) is 16.5 Å². The summed E-state index contributed by atoms with van der Waals surface area (Å²) in [5, 5.41) is 18.1. The summed E-state index contributed by atoms with van der Waals surface area (Å²) in [6.07, 6.45) is 5.63. The number of fused-ring (bicyclic) bond motifs is 1. The summed E-state index contributed by atoms with van der Waals surface area (Å²) in [6.45, 7) is 3.61. The Morgan fingerprint density at radius 2 is 1.74 bits per heavy atom. The van der Waals surface area contributed by atoms with Crippen LogP contribution in [0, 0.1) is 5.92 Å². The second-order valence-corrected chi connectivity index (χ2v) is 9.83. The molecule has 0 fully saturated rings. The fourth-order valence-electron chi connectivity index (χ4n) is 4.14. The zero-order valence-corrected chi connectivity index (χ0v) is 22.7. The first-order chi connectivity index (χ1) is 18.6. The Kier molecular flexibility index (Phi) is 10.5. The molecule has 1 aromatic carbocycles. The van der Waals surface area contributed by atoms with Crippen LogP contribution in [0.25, 0.3) is 10.9 Å². The van der Waals surface area contributed by atoms with E-state index in [1.807, 2.05) is 31.2 Å². The number of imidazole rings is 1. The number of aromatic amines is 2. The summed E-state index contributed by atoms with van der Waals surface area (Å²) < 4.78 is 0. The first-order valence-electron chi connectivity index (χ1n) is 12.7. The van der Waals surface area contributed by atoms with Crippen LogP contribution in [0.4, 0.5) is 0 Å².